The first-order valence-electron chi connectivity index (χ1n) is 12.1. The SMILES string of the molecule is COc1ccc(-c2ccc(-n3nccc3-c3ccc(OC)c(C4=CC=C4[C@@H]4CCOC4)c3)cc2)cn1. The van der Waals surface area contributed by atoms with Crippen LogP contribution in [0, 0.1) is 5.92 Å². The van der Waals surface area contributed by atoms with Gasteiger partial charge in [0.2, 0.25) is 5.88 Å². The Bertz CT molecular complexity index is 1440. The van der Waals surface area contributed by atoms with Gasteiger partial charge in [0.05, 0.1) is 38.4 Å². The van der Waals surface area contributed by atoms with Crippen LogP contribution in [0.4, 0.5) is 0 Å². The van der Waals surface area contributed by atoms with E-state index < -0.39 is 0 Å². The zero-order valence-electron chi connectivity index (χ0n) is 20.3. The second-order valence-electron chi connectivity index (χ2n) is 8.94. The van der Waals surface area contributed by atoms with Crippen molar-refractivity contribution in [3.05, 3.63) is 96.3 Å². The topological polar surface area (TPSA) is 58.4 Å². The lowest BCUT2D eigenvalue weighted by molar-refractivity contribution is 0.190. The summed E-state index contributed by atoms with van der Waals surface area (Å²) >= 11 is 0. The average molecular weight is 478 g/mol. The van der Waals surface area contributed by atoms with Crippen LogP contribution in [-0.2, 0) is 4.74 Å². The van der Waals surface area contributed by atoms with E-state index in [1.165, 1.54) is 11.1 Å². The number of benzene rings is 2. The maximum atomic E-state index is 5.74. The number of aromatic nitrogens is 3. The summed E-state index contributed by atoms with van der Waals surface area (Å²) in [6.45, 7) is 1.62. The van der Waals surface area contributed by atoms with Gasteiger partial charge in [-0.15, -0.1) is 0 Å². The fraction of sp³-hybridized carbons (Fsp3) is 0.200. The van der Waals surface area contributed by atoms with Crippen LogP contribution in [0.3, 0.4) is 0 Å². The molecule has 4 aromatic rings. The Hall–Kier alpha value is -4.16. The minimum Gasteiger partial charge on any atom is -0.496 e. The maximum Gasteiger partial charge on any atom is 0.212 e. The molecule has 0 spiro atoms. The first-order chi connectivity index (χ1) is 17.7. The van der Waals surface area contributed by atoms with Gasteiger partial charge in [-0.1, -0.05) is 24.3 Å². The second-order valence-corrected chi connectivity index (χ2v) is 8.94. The lowest BCUT2D eigenvalue weighted by Gasteiger charge is -2.24. The van der Waals surface area contributed by atoms with Crippen LogP contribution in [0.15, 0.2) is 90.8 Å². The minimum atomic E-state index is 0.461. The van der Waals surface area contributed by atoms with Crippen molar-refractivity contribution in [3.63, 3.8) is 0 Å². The summed E-state index contributed by atoms with van der Waals surface area (Å²) in [5.41, 5.74) is 8.93. The fourth-order valence-corrected chi connectivity index (χ4v) is 4.92. The third-order valence-corrected chi connectivity index (χ3v) is 6.93. The molecular weight excluding hydrogens is 450 g/mol. The van der Waals surface area contributed by atoms with E-state index in [4.69, 9.17) is 14.2 Å². The van der Waals surface area contributed by atoms with Crippen molar-refractivity contribution in [1.29, 1.82) is 0 Å². The second kappa shape index (κ2) is 9.47. The van der Waals surface area contributed by atoms with Crippen LogP contribution in [0.2, 0.25) is 0 Å². The first kappa shape index (κ1) is 22.3. The van der Waals surface area contributed by atoms with Crippen LogP contribution in [0.5, 0.6) is 11.6 Å². The number of nitrogens with zero attached hydrogens (tertiary/aromatic N) is 3. The van der Waals surface area contributed by atoms with E-state index in [0.29, 0.717) is 11.8 Å². The van der Waals surface area contributed by atoms with Crippen molar-refractivity contribution >= 4 is 5.57 Å². The van der Waals surface area contributed by atoms with Crippen LogP contribution in [0.25, 0.3) is 33.6 Å². The van der Waals surface area contributed by atoms with Gasteiger partial charge in [-0.3, -0.25) is 0 Å². The Morgan fingerprint density at radius 1 is 0.889 bits per heavy atom. The quantitative estimate of drug-likeness (QED) is 0.328. The molecule has 2 aromatic carbocycles. The molecule has 180 valence electrons. The zero-order valence-corrected chi connectivity index (χ0v) is 20.3. The van der Waals surface area contributed by atoms with Gasteiger partial charge in [-0.25, -0.2) is 9.67 Å². The van der Waals surface area contributed by atoms with Crippen molar-refractivity contribution in [2.75, 3.05) is 27.4 Å². The van der Waals surface area contributed by atoms with Crippen LogP contribution < -0.4 is 9.47 Å². The molecule has 1 saturated heterocycles. The lowest BCUT2D eigenvalue weighted by Crippen LogP contribution is -2.11. The van der Waals surface area contributed by atoms with Crippen molar-refractivity contribution in [3.8, 4) is 39.7 Å². The molecule has 0 bridgehead atoms. The van der Waals surface area contributed by atoms with Gasteiger partial charge in [-0.05, 0) is 65.6 Å². The van der Waals surface area contributed by atoms with Crippen molar-refractivity contribution in [2.24, 2.45) is 5.92 Å². The Labute approximate surface area is 210 Å². The van der Waals surface area contributed by atoms with Gasteiger partial charge in [-0.2, -0.15) is 5.10 Å². The highest BCUT2D eigenvalue weighted by atomic mass is 16.5. The molecule has 1 fully saturated rings. The highest BCUT2D eigenvalue weighted by Gasteiger charge is 2.28. The fourth-order valence-electron chi connectivity index (χ4n) is 4.92. The van der Waals surface area contributed by atoms with E-state index in [0.717, 1.165) is 59.0 Å². The zero-order chi connectivity index (χ0) is 24.5. The van der Waals surface area contributed by atoms with Crippen molar-refractivity contribution < 1.29 is 14.2 Å². The Morgan fingerprint density at radius 3 is 2.39 bits per heavy atom. The third-order valence-electron chi connectivity index (χ3n) is 6.93. The number of hydrogen-bond donors (Lipinski definition) is 0. The predicted molar refractivity (Wildman–Crippen MR) is 140 cm³/mol. The number of pyridine rings is 1. The molecule has 1 aliphatic carbocycles. The van der Waals surface area contributed by atoms with Gasteiger partial charge in [0.15, 0.2) is 0 Å². The molecule has 6 rings (SSSR count). The highest BCUT2D eigenvalue weighted by molar-refractivity contribution is 5.90. The standard InChI is InChI=1S/C30H27N3O3/c1-34-29-11-5-21(17-27(29)26-10-9-25(26)23-14-16-36-19-23)28-13-15-32-33(28)24-7-3-20(4-8-24)22-6-12-30(35-2)31-18-22/h3-13,15,17-18,23H,14,16,19H2,1-2H3/t23-/m1/s1. The summed E-state index contributed by atoms with van der Waals surface area (Å²) in [5, 5.41) is 4.63. The molecule has 36 heavy (non-hydrogen) atoms. The van der Waals surface area contributed by atoms with Crippen LogP contribution >= 0.6 is 0 Å². The number of allylic oxidation sites excluding steroid dienone is 3. The summed E-state index contributed by atoms with van der Waals surface area (Å²) in [5.74, 6) is 1.94. The summed E-state index contributed by atoms with van der Waals surface area (Å²) in [4.78, 5) is 4.31. The molecule has 6 nitrogen and oxygen atoms in total. The molecule has 2 aromatic heterocycles. The Morgan fingerprint density at radius 2 is 1.72 bits per heavy atom. The minimum absolute atomic E-state index is 0.461. The van der Waals surface area contributed by atoms with Crippen LogP contribution in [-0.4, -0.2) is 42.2 Å². The molecule has 6 heteroatoms. The Balaban J connectivity index is 1.30. The predicted octanol–water partition coefficient (Wildman–Crippen LogP) is 5.98. The summed E-state index contributed by atoms with van der Waals surface area (Å²) in [7, 11) is 3.34. The molecule has 2 aliphatic rings. The van der Waals surface area contributed by atoms with E-state index in [1.54, 1.807) is 14.2 Å². The molecule has 3 heterocycles. The molecule has 0 N–H and O–H groups in total. The van der Waals surface area contributed by atoms with Gasteiger partial charge in [0, 0.05) is 41.5 Å². The molecular formula is C30H27N3O3. The molecule has 1 atom stereocenters. The van der Waals surface area contributed by atoms with E-state index in [1.807, 2.05) is 41.3 Å². The number of hydrogen-bond acceptors (Lipinski definition) is 5. The molecule has 1 aliphatic heterocycles. The van der Waals surface area contributed by atoms with Gasteiger partial charge < -0.3 is 14.2 Å². The lowest BCUT2D eigenvalue weighted by atomic mass is 9.81. The van der Waals surface area contributed by atoms with E-state index in [9.17, 15) is 0 Å². The van der Waals surface area contributed by atoms with E-state index in [2.05, 4.69) is 58.6 Å². The van der Waals surface area contributed by atoms with Gasteiger partial charge in [0.25, 0.3) is 0 Å². The number of ether oxygens (including phenoxy) is 3. The average Bonchev–Trinajstić information content (AvgIpc) is 3.61. The molecule has 0 amide bonds. The summed E-state index contributed by atoms with van der Waals surface area (Å²) < 4.78 is 18.5. The van der Waals surface area contributed by atoms with Crippen molar-refractivity contribution in [2.45, 2.75) is 6.42 Å². The third kappa shape index (κ3) is 3.99. The van der Waals surface area contributed by atoms with E-state index in [-0.39, 0.29) is 0 Å². The highest BCUT2D eigenvalue weighted by Crippen LogP contribution is 2.43. The maximum absolute atomic E-state index is 5.74. The molecule has 0 radical (unpaired) electrons. The number of rotatable bonds is 7. The monoisotopic (exact) mass is 477 g/mol. The summed E-state index contributed by atoms with van der Waals surface area (Å²) in [6, 6.07) is 20.6. The molecule has 0 saturated carbocycles. The van der Waals surface area contributed by atoms with E-state index >= 15 is 0 Å². The van der Waals surface area contributed by atoms with Gasteiger partial charge >= 0.3 is 0 Å². The molecule has 0 unspecified atom stereocenters. The largest absolute Gasteiger partial charge is 0.496 e. The van der Waals surface area contributed by atoms with Crippen LogP contribution in [0.1, 0.15) is 12.0 Å². The van der Waals surface area contributed by atoms with Gasteiger partial charge in [0.1, 0.15) is 5.75 Å². The normalized spacial score (nSPS) is 16.8. The van der Waals surface area contributed by atoms with Crippen molar-refractivity contribution in [1.82, 2.24) is 14.8 Å². The Kier molecular flexibility index (Phi) is 5.87. The smallest absolute Gasteiger partial charge is 0.212 e. The first-order valence-corrected chi connectivity index (χ1v) is 12.1. The summed E-state index contributed by atoms with van der Waals surface area (Å²) in [6.07, 6.45) is 9.12. The number of methoxy groups -OCH3 is 2.